The predicted molar refractivity (Wildman–Crippen MR) is 76.8 cm³/mol. The van der Waals surface area contributed by atoms with E-state index in [1.165, 1.54) is 18.4 Å². The van der Waals surface area contributed by atoms with Crippen LogP contribution in [0.2, 0.25) is 10.0 Å². The van der Waals surface area contributed by atoms with Gasteiger partial charge in [0.2, 0.25) is 0 Å². The molecule has 1 N–H and O–H groups in total. The molecule has 0 aromatic heterocycles. The van der Waals surface area contributed by atoms with E-state index in [1.54, 1.807) is 0 Å². The maximum absolute atomic E-state index is 10.4. The first-order chi connectivity index (χ1) is 9.15. The van der Waals surface area contributed by atoms with Gasteiger partial charge in [-0.05, 0) is 42.9 Å². The SMILES string of the molecule is OC1CN2C3CCC2C1C(c1ccc(Cl)c(Cl)c1)C3. The van der Waals surface area contributed by atoms with Crippen molar-refractivity contribution in [2.75, 3.05) is 6.54 Å². The van der Waals surface area contributed by atoms with Crippen molar-refractivity contribution in [2.24, 2.45) is 5.92 Å². The molecular formula is C15H17Cl2NO. The van der Waals surface area contributed by atoms with Gasteiger partial charge in [0.1, 0.15) is 0 Å². The molecule has 4 bridgehead atoms. The zero-order chi connectivity index (χ0) is 13.1. The average molecular weight is 298 g/mol. The van der Waals surface area contributed by atoms with Gasteiger partial charge in [-0.2, -0.15) is 0 Å². The number of nitrogens with zero attached hydrogens (tertiary/aromatic N) is 1. The van der Waals surface area contributed by atoms with Crippen LogP contribution in [-0.4, -0.2) is 34.7 Å². The monoisotopic (exact) mass is 297 g/mol. The smallest absolute Gasteiger partial charge is 0.0716 e. The number of rotatable bonds is 1. The van der Waals surface area contributed by atoms with E-state index in [2.05, 4.69) is 11.0 Å². The second kappa shape index (κ2) is 4.36. The summed E-state index contributed by atoms with van der Waals surface area (Å²) in [6.45, 7) is 0.859. The Hall–Kier alpha value is -0.280. The summed E-state index contributed by atoms with van der Waals surface area (Å²) >= 11 is 12.2. The van der Waals surface area contributed by atoms with Crippen molar-refractivity contribution in [1.82, 2.24) is 4.90 Å². The first kappa shape index (κ1) is 12.5. The third kappa shape index (κ3) is 1.77. The number of hydrogen-bond acceptors (Lipinski definition) is 2. The molecule has 3 aliphatic heterocycles. The normalized spacial score (nSPS) is 43.7. The lowest BCUT2D eigenvalue weighted by Crippen LogP contribution is -2.41. The molecule has 0 radical (unpaired) electrons. The van der Waals surface area contributed by atoms with Gasteiger partial charge in [-0.3, -0.25) is 4.90 Å². The minimum absolute atomic E-state index is 0.185. The third-order valence-corrected chi connectivity index (χ3v) is 6.08. The van der Waals surface area contributed by atoms with Crippen LogP contribution in [0.1, 0.15) is 30.7 Å². The minimum Gasteiger partial charge on any atom is -0.391 e. The molecule has 19 heavy (non-hydrogen) atoms. The topological polar surface area (TPSA) is 23.5 Å². The molecule has 6 unspecified atom stereocenters. The number of benzene rings is 1. The van der Waals surface area contributed by atoms with Crippen LogP contribution >= 0.6 is 23.2 Å². The van der Waals surface area contributed by atoms with E-state index in [9.17, 15) is 5.11 Å². The van der Waals surface area contributed by atoms with Crippen LogP contribution in [0.4, 0.5) is 0 Å². The highest BCUT2D eigenvalue weighted by molar-refractivity contribution is 6.42. The maximum Gasteiger partial charge on any atom is 0.0716 e. The number of hydrogen-bond donors (Lipinski definition) is 1. The van der Waals surface area contributed by atoms with Gasteiger partial charge >= 0.3 is 0 Å². The Labute approximate surface area is 123 Å². The van der Waals surface area contributed by atoms with E-state index in [0.29, 0.717) is 34.0 Å². The first-order valence-corrected chi connectivity index (χ1v) is 7.79. The molecule has 3 saturated heterocycles. The van der Waals surface area contributed by atoms with Crippen molar-refractivity contribution in [3.63, 3.8) is 0 Å². The Balaban J connectivity index is 1.73. The van der Waals surface area contributed by atoms with Crippen molar-refractivity contribution >= 4 is 23.2 Å². The molecule has 4 rings (SSSR count). The number of halogens is 2. The van der Waals surface area contributed by atoms with Crippen molar-refractivity contribution in [3.8, 4) is 0 Å². The van der Waals surface area contributed by atoms with Gasteiger partial charge in [0, 0.05) is 24.5 Å². The van der Waals surface area contributed by atoms with Gasteiger partial charge in [-0.15, -0.1) is 0 Å². The van der Waals surface area contributed by atoms with Crippen molar-refractivity contribution in [1.29, 1.82) is 0 Å². The van der Waals surface area contributed by atoms with Gasteiger partial charge in [0.05, 0.1) is 16.1 Å². The van der Waals surface area contributed by atoms with Gasteiger partial charge in [-0.25, -0.2) is 0 Å². The van der Waals surface area contributed by atoms with Crippen LogP contribution in [0.15, 0.2) is 18.2 Å². The molecule has 3 aliphatic rings. The minimum atomic E-state index is -0.185. The summed E-state index contributed by atoms with van der Waals surface area (Å²) < 4.78 is 0. The van der Waals surface area contributed by atoms with Crippen molar-refractivity contribution in [2.45, 2.75) is 43.4 Å². The molecule has 102 valence electrons. The van der Waals surface area contributed by atoms with Crippen LogP contribution < -0.4 is 0 Å². The molecule has 3 heterocycles. The molecule has 0 aliphatic carbocycles. The van der Waals surface area contributed by atoms with E-state index >= 15 is 0 Å². The quantitative estimate of drug-likeness (QED) is 0.860. The fraction of sp³-hybridized carbons (Fsp3) is 0.600. The number of piperidine rings is 1. The summed E-state index contributed by atoms with van der Waals surface area (Å²) in [6, 6.07) is 7.19. The Morgan fingerprint density at radius 1 is 1.16 bits per heavy atom. The molecule has 4 heteroatoms. The van der Waals surface area contributed by atoms with E-state index < -0.39 is 0 Å². The maximum atomic E-state index is 10.4. The van der Waals surface area contributed by atoms with Gasteiger partial charge in [0.25, 0.3) is 0 Å². The Bertz CT molecular complexity index is 521. The van der Waals surface area contributed by atoms with Crippen LogP contribution in [0, 0.1) is 5.92 Å². The molecule has 0 spiro atoms. The van der Waals surface area contributed by atoms with Crippen molar-refractivity contribution < 1.29 is 5.11 Å². The number of aliphatic hydroxyl groups excluding tert-OH is 1. The zero-order valence-electron chi connectivity index (χ0n) is 10.6. The van der Waals surface area contributed by atoms with Crippen LogP contribution in [0.3, 0.4) is 0 Å². The number of aliphatic hydroxyl groups is 1. The summed E-state index contributed by atoms with van der Waals surface area (Å²) in [7, 11) is 0. The van der Waals surface area contributed by atoms with Gasteiger partial charge < -0.3 is 5.11 Å². The van der Waals surface area contributed by atoms with Crippen molar-refractivity contribution in [3.05, 3.63) is 33.8 Å². The molecule has 3 fully saturated rings. The van der Waals surface area contributed by atoms with Crippen LogP contribution in [0.25, 0.3) is 0 Å². The van der Waals surface area contributed by atoms with E-state index in [4.69, 9.17) is 23.2 Å². The van der Waals surface area contributed by atoms with E-state index in [0.717, 1.165) is 13.0 Å². The highest BCUT2D eigenvalue weighted by atomic mass is 35.5. The van der Waals surface area contributed by atoms with Gasteiger partial charge in [-0.1, -0.05) is 29.3 Å². The van der Waals surface area contributed by atoms with E-state index in [-0.39, 0.29) is 6.10 Å². The standard InChI is InChI=1S/C15H17Cl2NO/c16-11-3-1-8(5-12(11)17)10-6-9-2-4-13-15(10)14(19)7-18(9)13/h1,3,5,9-10,13-15,19H,2,4,6-7H2. The third-order valence-electron chi connectivity index (χ3n) is 5.34. The Morgan fingerprint density at radius 2 is 2.00 bits per heavy atom. The van der Waals surface area contributed by atoms with Crippen LogP contribution in [-0.2, 0) is 0 Å². The first-order valence-electron chi connectivity index (χ1n) is 7.04. The molecule has 6 atom stereocenters. The fourth-order valence-corrected chi connectivity index (χ4v) is 4.91. The predicted octanol–water partition coefficient (Wildman–Crippen LogP) is 3.30. The molecule has 1 aromatic rings. The largest absolute Gasteiger partial charge is 0.391 e. The Morgan fingerprint density at radius 3 is 2.79 bits per heavy atom. The highest BCUT2D eigenvalue weighted by Gasteiger charge is 2.55. The molecule has 0 saturated carbocycles. The highest BCUT2D eigenvalue weighted by Crippen LogP contribution is 2.52. The molecular weight excluding hydrogens is 281 g/mol. The zero-order valence-corrected chi connectivity index (χ0v) is 12.1. The molecule has 1 aromatic carbocycles. The molecule has 2 nitrogen and oxygen atoms in total. The summed E-state index contributed by atoms with van der Waals surface area (Å²) in [5, 5.41) is 11.6. The summed E-state index contributed by atoms with van der Waals surface area (Å²) in [5.41, 5.74) is 1.25. The van der Waals surface area contributed by atoms with Gasteiger partial charge in [0.15, 0.2) is 0 Å². The lowest BCUT2D eigenvalue weighted by Gasteiger charge is -2.37. The fourth-order valence-electron chi connectivity index (χ4n) is 4.60. The Kier molecular flexibility index (Phi) is 2.86. The average Bonchev–Trinajstić information content (AvgIpc) is 2.78. The summed E-state index contributed by atoms with van der Waals surface area (Å²) in [4.78, 5) is 2.53. The summed E-state index contributed by atoms with van der Waals surface area (Å²) in [6.07, 6.45) is 3.49. The lowest BCUT2D eigenvalue weighted by atomic mass is 9.77. The summed E-state index contributed by atoms with van der Waals surface area (Å²) in [5.74, 6) is 0.803. The van der Waals surface area contributed by atoms with Crippen LogP contribution in [0.5, 0.6) is 0 Å². The lowest BCUT2D eigenvalue weighted by molar-refractivity contribution is 0.113. The molecule has 0 amide bonds. The second-order valence-corrected chi connectivity index (χ2v) is 6.97. The second-order valence-electron chi connectivity index (χ2n) is 6.16. The van der Waals surface area contributed by atoms with E-state index in [1.807, 2.05) is 12.1 Å².